The molecule has 8 nitrogen and oxygen atoms in total. The molecule has 0 unspecified atom stereocenters. The molecule has 0 spiro atoms. The largest absolute Gasteiger partial charge is 0.467 e. The molecule has 2 aromatic rings. The van der Waals surface area contributed by atoms with Gasteiger partial charge in [-0.25, -0.2) is 5.84 Å². The SMILES string of the molecule is COc1nc(NN)nc(Oc2cccc(N(C)C)c2)n1. The molecule has 0 aliphatic heterocycles. The number of nitrogens with one attached hydrogen (secondary N) is 1. The zero-order valence-corrected chi connectivity index (χ0v) is 11.5. The summed E-state index contributed by atoms with van der Waals surface area (Å²) >= 11 is 0. The molecule has 1 heterocycles. The molecule has 8 heteroatoms. The number of anilines is 2. The maximum Gasteiger partial charge on any atom is 0.330 e. The standard InChI is InChI=1S/C12H16N6O2/c1-18(2)8-5-4-6-9(7-8)20-12-15-10(17-13)14-11(16-12)19-3/h4-7H,13H2,1-3H3,(H,14,15,16,17). The number of ether oxygens (including phenoxy) is 2. The summed E-state index contributed by atoms with van der Waals surface area (Å²) in [6, 6.07) is 7.73. The molecule has 0 saturated heterocycles. The molecule has 2 rings (SSSR count). The zero-order valence-electron chi connectivity index (χ0n) is 11.5. The number of hydrogen-bond acceptors (Lipinski definition) is 8. The third kappa shape index (κ3) is 3.23. The van der Waals surface area contributed by atoms with E-state index < -0.39 is 0 Å². The van der Waals surface area contributed by atoms with Gasteiger partial charge in [0.25, 0.3) is 0 Å². The molecule has 0 amide bonds. The highest BCUT2D eigenvalue weighted by Gasteiger charge is 2.08. The molecule has 1 aromatic heterocycles. The van der Waals surface area contributed by atoms with Crippen LogP contribution in [0.15, 0.2) is 24.3 Å². The predicted octanol–water partition coefficient (Wildman–Crippen LogP) is 1.02. The van der Waals surface area contributed by atoms with Gasteiger partial charge in [-0.05, 0) is 12.1 Å². The van der Waals surface area contributed by atoms with Crippen molar-refractivity contribution in [1.82, 2.24) is 15.0 Å². The molecule has 0 radical (unpaired) electrons. The summed E-state index contributed by atoms with van der Waals surface area (Å²) in [6.07, 6.45) is 0. The van der Waals surface area contributed by atoms with E-state index in [1.807, 2.05) is 37.2 Å². The van der Waals surface area contributed by atoms with Crippen LogP contribution in [-0.2, 0) is 0 Å². The fourth-order valence-electron chi connectivity index (χ4n) is 1.47. The van der Waals surface area contributed by atoms with E-state index in [2.05, 4.69) is 20.4 Å². The van der Waals surface area contributed by atoms with Gasteiger partial charge in [0.2, 0.25) is 5.95 Å². The minimum Gasteiger partial charge on any atom is -0.467 e. The van der Waals surface area contributed by atoms with E-state index in [9.17, 15) is 0 Å². The Morgan fingerprint density at radius 2 is 1.90 bits per heavy atom. The average Bonchev–Trinajstić information content (AvgIpc) is 2.47. The second-order valence-electron chi connectivity index (χ2n) is 4.07. The van der Waals surface area contributed by atoms with Crippen molar-refractivity contribution >= 4 is 11.6 Å². The van der Waals surface area contributed by atoms with Crippen molar-refractivity contribution in [3.05, 3.63) is 24.3 Å². The quantitative estimate of drug-likeness (QED) is 0.617. The Labute approximate surface area is 116 Å². The van der Waals surface area contributed by atoms with E-state index in [0.29, 0.717) is 5.75 Å². The zero-order chi connectivity index (χ0) is 14.5. The van der Waals surface area contributed by atoms with Crippen LogP contribution in [0.4, 0.5) is 11.6 Å². The molecule has 0 aliphatic carbocycles. The Bertz CT molecular complexity index is 568. The number of aromatic nitrogens is 3. The lowest BCUT2D eigenvalue weighted by molar-refractivity contribution is 0.360. The Hall–Kier alpha value is -2.61. The number of nitrogen functional groups attached to an aromatic ring is 1. The van der Waals surface area contributed by atoms with Gasteiger partial charge in [0.1, 0.15) is 5.75 Å². The Morgan fingerprint density at radius 1 is 1.15 bits per heavy atom. The van der Waals surface area contributed by atoms with Crippen LogP contribution < -0.4 is 25.6 Å². The van der Waals surface area contributed by atoms with Crippen LogP contribution in [0.2, 0.25) is 0 Å². The van der Waals surface area contributed by atoms with Crippen molar-refractivity contribution in [3.63, 3.8) is 0 Å². The summed E-state index contributed by atoms with van der Waals surface area (Å²) in [7, 11) is 5.34. The normalized spacial score (nSPS) is 10.0. The van der Waals surface area contributed by atoms with Crippen molar-refractivity contribution in [3.8, 4) is 17.8 Å². The molecule has 0 aliphatic rings. The first-order valence-electron chi connectivity index (χ1n) is 5.84. The minimum absolute atomic E-state index is 0.0979. The molecule has 0 atom stereocenters. The molecule has 3 N–H and O–H groups in total. The summed E-state index contributed by atoms with van der Waals surface area (Å²) in [6.45, 7) is 0. The van der Waals surface area contributed by atoms with E-state index in [-0.39, 0.29) is 18.0 Å². The average molecular weight is 276 g/mol. The van der Waals surface area contributed by atoms with Crippen LogP contribution in [0.3, 0.4) is 0 Å². The van der Waals surface area contributed by atoms with Crippen LogP contribution in [-0.4, -0.2) is 36.2 Å². The molecule has 0 fully saturated rings. The van der Waals surface area contributed by atoms with Gasteiger partial charge < -0.3 is 14.4 Å². The number of benzene rings is 1. The van der Waals surface area contributed by atoms with E-state index >= 15 is 0 Å². The predicted molar refractivity (Wildman–Crippen MR) is 75.0 cm³/mol. The number of rotatable bonds is 5. The van der Waals surface area contributed by atoms with Crippen LogP contribution >= 0.6 is 0 Å². The highest BCUT2D eigenvalue weighted by atomic mass is 16.5. The van der Waals surface area contributed by atoms with Gasteiger partial charge in [-0.15, -0.1) is 4.98 Å². The van der Waals surface area contributed by atoms with E-state index in [1.165, 1.54) is 7.11 Å². The Morgan fingerprint density at radius 3 is 2.55 bits per heavy atom. The Balaban J connectivity index is 2.27. The van der Waals surface area contributed by atoms with Gasteiger partial charge in [0.15, 0.2) is 0 Å². The molecular weight excluding hydrogens is 260 g/mol. The van der Waals surface area contributed by atoms with Gasteiger partial charge in [0, 0.05) is 25.8 Å². The minimum atomic E-state index is 0.0979. The van der Waals surface area contributed by atoms with Crippen LogP contribution in [0.5, 0.6) is 17.8 Å². The highest BCUT2D eigenvalue weighted by Crippen LogP contribution is 2.24. The summed E-state index contributed by atoms with van der Waals surface area (Å²) in [5, 5.41) is 0. The van der Waals surface area contributed by atoms with Crippen molar-refractivity contribution in [2.24, 2.45) is 5.84 Å². The van der Waals surface area contributed by atoms with Crippen LogP contribution in [0.1, 0.15) is 0 Å². The number of hydrogen-bond donors (Lipinski definition) is 2. The van der Waals surface area contributed by atoms with Crippen molar-refractivity contribution < 1.29 is 9.47 Å². The van der Waals surface area contributed by atoms with E-state index in [4.69, 9.17) is 15.3 Å². The Kier molecular flexibility index (Phi) is 4.16. The number of hydrazine groups is 1. The maximum atomic E-state index is 5.59. The monoisotopic (exact) mass is 276 g/mol. The highest BCUT2D eigenvalue weighted by molar-refractivity contribution is 5.49. The van der Waals surface area contributed by atoms with E-state index in [1.54, 1.807) is 6.07 Å². The lowest BCUT2D eigenvalue weighted by Gasteiger charge is -2.13. The van der Waals surface area contributed by atoms with E-state index in [0.717, 1.165) is 5.69 Å². The van der Waals surface area contributed by atoms with Gasteiger partial charge in [0.05, 0.1) is 7.11 Å². The van der Waals surface area contributed by atoms with Crippen LogP contribution in [0, 0.1) is 0 Å². The lowest BCUT2D eigenvalue weighted by atomic mass is 10.3. The van der Waals surface area contributed by atoms with Gasteiger partial charge >= 0.3 is 12.0 Å². The molecule has 0 saturated carbocycles. The van der Waals surface area contributed by atoms with Gasteiger partial charge in [-0.3, -0.25) is 5.43 Å². The third-order valence-corrected chi connectivity index (χ3v) is 2.45. The molecule has 106 valence electrons. The molecular formula is C12H16N6O2. The van der Waals surface area contributed by atoms with Gasteiger partial charge in [-0.1, -0.05) is 6.07 Å². The smallest absolute Gasteiger partial charge is 0.330 e. The van der Waals surface area contributed by atoms with Crippen molar-refractivity contribution in [2.75, 3.05) is 31.5 Å². The topological polar surface area (TPSA) is 98.4 Å². The molecule has 20 heavy (non-hydrogen) atoms. The van der Waals surface area contributed by atoms with Crippen molar-refractivity contribution in [1.29, 1.82) is 0 Å². The summed E-state index contributed by atoms with van der Waals surface area (Å²) in [4.78, 5) is 13.8. The first-order valence-corrected chi connectivity index (χ1v) is 5.84. The second kappa shape index (κ2) is 6.02. The molecule has 0 bridgehead atoms. The number of nitrogens with zero attached hydrogens (tertiary/aromatic N) is 4. The third-order valence-electron chi connectivity index (χ3n) is 2.45. The molecule has 1 aromatic carbocycles. The summed E-state index contributed by atoms with van der Waals surface area (Å²) in [5.74, 6) is 6.05. The summed E-state index contributed by atoms with van der Waals surface area (Å²) in [5.41, 5.74) is 3.33. The van der Waals surface area contributed by atoms with Crippen LogP contribution in [0.25, 0.3) is 0 Å². The summed E-state index contributed by atoms with van der Waals surface area (Å²) < 4.78 is 10.5. The first-order chi connectivity index (χ1) is 9.62. The van der Waals surface area contributed by atoms with Crippen molar-refractivity contribution in [2.45, 2.75) is 0 Å². The number of nitrogens with two attached hydrogens (primary N) is 1. The second-order valence-corrected chi connectivity index (χ2v) is 4.07. The fraction of sp³-hybridized carbons (Fsp3) is 0.250. The maximum absolute atomic E-state index is 5.59. The first kappa shape index (κ1) is 13.8. The fourth-order valence-corrected chi connectivity index (χ4v) is 1.47. The number of methoxy groups -OCH3 is 1. The lowest BCUT2D eigenvalue weighted by Crippen LogP contribution is -2.12. The van der Waals surface area contributed by atoms with Gasteiger partial charge in [-0.2, -0.15) is 9.97 Å².